The highest BCUT2D eigenvalue weighted by molar-refractivity contribution is 6.05. The summed E-state index contributed by atoms with van der Waals surface area (Å²) in [7, 11) is 1.57. The fourth-order valence-corrected chi connectivity index (χ4v) is 4.40. The molecule has 1 aromatic carbocycles. The number of carbonyl (C=O) groups excluding carboxylic acids is 2. The molecule has 1 spiro atoms. The average molecular weight is 381 g/mol. The highest BCUT2D eigenvalue weighted by Gasteiger charge is 2.67. The number of carbonyl (C=O) groups is 2. The first-order valence-electron chi connectivity index (χ1n) is 9.07. The summed E-state index contributed by atoms with van der Waals surface area (Å²) in [4.78, 5) is 27.8. The van der Waals surface area contributed by atoms with E-state index in [1.165, 1.54) is 0 Å². The van der Waals surface area contributed by atoms with Gasteiger partial charge in [0, 0.05) is 17.8 Å². The molecule has 3 aliphatic heterocycles. The van der Waals surface area contributed by atoms with Gasteiger partial charge in [0.2, 0.25) is 11.8 Å². The van der Waals surface area contributed by atoms with Crippen LogP contribution in [0.4, 0.5) is 11.5 Å². The molecule has 2 fully saturated rings. The number of hydrogen-bond donors (Lipinski definition) is 1. The van der Waals surface area contributed by atoms with E-state index in [9.17, 15) is 9.59 Å². The molecule has 4 atom stereocenters. The molecule has 5 rings (SSSR count). The normalized spacial score (nSPS) is 30.0. The number of nitrogens with one attached hydrogen (secondary N) is 1. The van der Waals surface area contributed by atoms with Crippen molar-refractivity contribution in [2.24, 2.45) is 11.8 Å². The summed E-state index contributed by atoms with van der Waals surface area (Å²) in [6, 6.07) is 8.81. The molecule has 3 aliphatic rings. The molecular weight excluding hydrogens is 362 g/mol. The first-order valence-corrected chi connectivity index (χ1v) is 9.07. The van der Waals surface area contributed by atoms with Gasteiger partial charge in [-0.3, -0.25) is 14.5 Å². The topological polar surface area (TPSA) is 93.9 Å². The lowest BCUT2D eigenvalue weighted by Crippen LogP contribution is -2.41. The summed E-state index contributed by atoms with van der Waals surface area (Å²) >= 11 is 0. The summed E-state index contributed by atoms with van der Waals surface area (Å²) in [6.45, 7) is 2.08. The number of aromatic nitrogens is 1. The van der Waals surface area contributed by atoms with Gasteiger partial charge in [-0.2, -0.15) is 0 Å². The van der Waals surface area contributed by atoms with Gasteiger partial charge in [0.05, 0.1) is 31.6 Å². The summed E-state index contributed by atoms with van der Waals surface area (Å²) in [5.41, 5.74) is -0.190. The lowest BCUT2D eigenvalue weighted by Gasteiger charge is -2.23. The molecule has 8 nitrogen and oxygen atoms in total. The molecule has 0 aliphatic carbocycles. The van der Waals surface area contributed by atoms with Gasteiger partial charge in [0.25, 0.3) is 0 Å². The van der Waals surface area contributed by atoms with Crippen molar-refractivity contribution >= 4 is 23.3 Å². The van der Waals surface area contributed by atoms with E-state index in [0.29, 0.717) is 29.6 Å². The molecule has 4 heterocycles. The van der Waals surface area contributed by atoms with Crippen LogP contribution in [0.2, 0.25) is 0 Å². The van der Waals surface area contributed by atoms with Crippen LogP contribution in [0, 0.1) is 18.8 Å². The number of ether oxygens (including phenoxy) is 2. The van der Waals surface area contributed by atoms with Gasteiger partial charge in [0.1, 0.15) is 17.1 Å². The lowest BCUT2D eigenvalue weighted by atomic mass is 9.77. The van der Waals surface area contributed by atoms with Crippen LogP contribution in [0.25, 0.3) is 0 Å². The zero-order chi connectivity index (χ0) is 19.5. The Morgan fingerprint density at radius 2 is 2.25 bits per heavy atom. The number of fused-ring (bicyclic) bond motifs is 1. The largest absolute Gasteiger partial charge is 0.497 e. The van der Waals surface area contributed by atoms with Crippen LogP contribution >= 0.6 is 0 Å². The molecule has 0 radical (unpaired) electrons. The van der Waals surface area contributed by atoms with E-state index >= 15 is 0 Å². The van der Waals surface area contributed by atoms with Crippen LogP contribution in [-0.2, 0) is 14.3 Å². The Balaban J connectivity index is 1.42. The highest BCUT2D eigenvalue weighted by Crippen LogP contribution is 2.52. The van der Waals surface area contributed by atoms with Gasteiger partial charge in [-0.05, 0) is 19.1 Å². The first-order chi connectivity index (χ1) is 13.5. The first kappa shape index (κ1) is 17.0. The number of anilines is 2. The Labute approximate surface area is 161 Å². The summed E-state index contributed by atoms with van der Waals surface area (Å²) in [6.07, 6.45) is 3.36. The van der Waals surface area contributed by atoms with E-state index in [2.05, 4.69) is 10.5 Å². The van der Waals surface area contributed by atoms with Crippen molar-refractivity contribution in [2.45, 2.75) is 18.6 Å². The second-order valence-corrected chi connectivity index (χ2v) is 7.34. The van der Waals surface area contributed by atoms with Gasteiger partial charge >= 0.3 is 0 Å². The number of amides is 2. The zero-order valence-electron chi connectivity index (χ0n) is 15.4. The third-order valence-corrected chi connectivity index (χ3v) is 5.63. The van der Waals surface area contributed by atoms with E-state index in [1.807, 2.05) is 12.2 Å². The zero-order valence-corrected chi connectivity index (χ0v) is 15.4. The summed E-state index contributed by atoms with van der Waals surface area (Å²) < 4.78 is 16.4. The number of aryl methyl sites for hydroxylation is 1. The predicted molar refractivity (Wildman–Crippen MR) is 98.9 cm³/mol. The minimum absolute atomic E-state index is 0.175. The second-order valence-electron chi connectivity index (χ2n) is 7.34. The Kier molecular flexibility index (Phi) is 3.60. The van der Waals surface area contributed by atoms with Crippen LogP contribution < -0.4 is 15.0 Å². The third-order valence-electron chi connectivity index (χ3n) is 5.63. The van der Waals surface area contributed by atoms with Crippen LogP contribution in [0.1, 0.15) is 5.76 Å². The maximum Gasteiger partial charge on any atom is 0.235 e. The van der Waals surface area contributed by atoms with Crippen LogP contribution in [0.5, 0.6) is 5.75 Å². The van der Waals surface area contributed by atoms with Gasteiger partial charge in [-0.15, -0.1) is 0 Å². The Bertz CT molecular complexity index is 999. The second kappa shape index (κ2) is 5.93. The molecule has 0 saturated carbocycles. The molecule has 28 heavy (non-hydrogen) atoms. The van der Waals surface area contributed by atoms with E-state index in [0.717, 1.165) is 0 Å². The van der Waals surface area contributed by atoms with Crippen molar-refractivity contribution in [1.29, 1.82) is 0 Å². The Morgan fingerprint density at radius 1 is 1.39 bits per heavy atom. The predicted octanol–water partition coefficient (Wildman–Crippen LogP) is 1.92. The number of hydrogen-bond acceptors (Lipinski definition) is 6. The molecule has 2 saturated heterocycles. The van der Waals surface area contributed by atoms with Crippen LogP contribution in [0.3, 0.4) is 0 Å². The molecule has 0 unspecified atom stereocenters. The smallest absolute Gasteiger partial charge is 0.235 e. The van der Waals surface area contributed by atoms with Crippen molar-refractivity contribution in [2.75, 3.05) is 23.9 Å². The number of rotatable bonds is 4. The summed E-state index contributed by atoms with van der Waals surface area (Å²) in [5, 5.41) is 6.84. The standard InChI is InChI=1S/C20H19N3O5/c1-11-8-15(22-28-11)23-10-20-7-6-14(27-20)16(17(20)19(23)25)18(24)21-12-4-3-5-13(9-12)26-2/h3-9,14,16-17H,10H2,1-2H3,(H,21,24)/t14-,16-,17+,20+/m1/s1. The molecule has 2 amide bonds. The SMILES string of the molecule is COc1cccc(NC(=O)[C@H]2[C@H]3C(=O)N(c4cc(C)on4)C[C@@]34C=C[C@H]2O4)c1. The molecule has 2 bridgehead atoms. The van der Waals surface area contributed by atoms with E-state index in [-0.39, 0.29) is 11.8 Å². The van der Waals surface area contributed by atoms with Crippen LogP contribution in [0.15, 0.2) is 47.0 Å². The molecule has 144 valence electrons. The maximum atomic E-state index is 13.2. The third kappa shape index (κ3) is 2.37. The fourth-order valence-electron chi connectivity index (χ4n) is 4.40. The van der Waals surface area contributed by atoms with Crippen LogP contribution in [-0.4, -0.2) is 42.3 Å². The number of methoxy groups -OCH3 is 1. The van der Waals surface area contributed by atoms with E-state index in [4.69, 9.17) is 14.0 Å². The van der Waals surface area contributed by atoms with E-state index in [1.54, 1.807) is 49.3 Å². The lowest BCUT2D eigenvalue weighted by molar-refractivity contribution is -0.128. The van der Waals surface area contributed by atoms with Crippen molar-refractivity contribution in [3.63, 3.8) is 0 Å². The van der Waals surface area contributed by atoms with Crippen molar-refractivity contribution in [3.05, 3.63) is 48.2 Å². The molecular formula is C20H19N3O5. The minimum atomic E-state index is -0.801. The Morgan fingerprint density at radius 3 is 3.00 bits per heavy atom. The van der Waals surface area contributed by atoms with Gasteiger partial charge < -0.3 is 19.3 Å². The number of benzene rings is 1. The Hall–Kier alpha value is -3.13. The average Bonchev–Trinajstić information content (AvgIpc) is 3.43. The summed E-state index contributed by atoms with van der Waals surface area (Å²) in [5.74, 6) is 0.0748. The molecule has 8 heteroatoms. The fraction of sp³-hybridized carbons (Fsp3) is 0.350. The molecule has 1 aromatic heterocycles. The van der Waals surface area contributed by atoms with Gasteiger partial charge in [0.15, 0.2) is 5.82 Å². The van der Waals surface area contributed by atoms with Gasteiger partial charge in [-0.1, -0.05) is 23.4 Å². The quantitative estimate of drug-likeness (QED) is 0.814. The van der Waals surface area contributed by atoms with E-state index < -0.39 is 23.5 Å². The maximum absolute atomic E-state index is 13.2. The van der Waals surface area contributed by atoms with Crippen molar-refractivity contribution < 1.29 is 23.6 Å². The molecule has 1 N–H and O–H groups in total. The number of nitrogens with zero attached hydrogens (tertiary/aromatic N) is 2. The van der Waals surface area contributed by atoms with Crippen molar-refractivity contribution in [1.82, 2.24) is 5.16 Å². The van der Waals surface area contributed by atoms with Crippen molar-refractivity contribution in [3.8, 4) is 5.75 Å². The van der Waals surface area contributed by atoms with Gasteiger partial charge in [-0.25, -0.2) is 0 Å². The minimum Gasteiger partial charge on any atom is -0.497 e. The highest BCUT2D eigenvalue weighted by atomic mass is 16.5. The molecule has 2 aromatic rings. The monoisotopic (exact) mass is 381 g/mol.